The maximum atomic E-state index is 11.3. The number of allylic oxidation sites excluding steroid dienone is 1. The van der Waals surface area contributed by atoms with E-state index in [2.05, 4.69) is 0 Å². The SMILES string of the molecule is COc1cccc(/C(O)=C/C(=O)C(Cl)(Cl)Cl)c1. The van der Waals surface area contributed by atoms with Crippen LogP contribution in [0.15, 0.2) is 30.3 Å². The lowest BCUT2D eigenvalue weighted by Crippen LogP contribution is -2.16. The van der Waals surface area contributed by atoms with Crippen LogP contribution in [0.2, 0.25) is 0 Å². The Morgan fingerprint density at radius 1 is 1.41 bits per heavy atom. The Morgan fingerprint density at radius 3 is 2.59 bits per heavy atom. The van der Waals surface area contributed by atoms with Crippen LogP contribution in [0.3, 0.4) is 0 Å². The molecular formula is C11H9Cl3O3. The van der Waals surface area contributed by atoms with Gasteiger partial charge < -0.3 is 9.84 Å². The van der Waals surface area contributed by atoms with Gasteiger partial charge in [0.1, 0.15) is 11.5 Å². The van der Waals surface area contributed by atoms with Crippen LogP contribution in [0.5, 0.6) is 5.75 Å². The molecule has 92 valence electrons. The van der Waals surface area contributed by atoms with E-state index in [9.17, 15) is 9.90 Å². The summed E-state index contributed by atoms with van der Waals surface area (Å²) in [5, 5.41) is 9.68. The first-order chi connectivity index (χ1) is 7.84. The summed E-state index contributed by atoms with van der Waals surface area (Å²) in [4.78, 5) is 11.3. The van der Waals surface area contributed by atoms with Gasteiger partial charge >= 0.3 is 0 Å². The fourth-order valence-electron chi connectivity index (χ4n) is 1.07. The highest BCUT2D eigenvalue weighted by Crippen LogP contribution is 2.29. The first-order valence-electron chi connectivity index (χ1n) is 4.51. The topological polar surface area (TPSA) is 46.5 Å². The average molecular weight is 296 g/mol. The molecule has 0 saturated carbocycles. The van der Waals surface area contributed by atoms with Crippen LogP contribution in [0, 0.1) is 0 Å². The van der Waals surface area contributed by atoms with Gasteiger partial charge in [-0.25, -0.2) is 0 Å². The summed E-state index contributed by atoms with van der Waals surface area (Å²) in [5.74, 6) is -0.563. The quantitative estimate of drug-likeness (QED) is 0.527. The van der Waals surface area contributed by atoms with Gasteiger partial charge in [-0.1, -0.05) is 46.9 Å². The van der Waals surface area contributed by atoms with Crippen LogP contribution >= 0.6 is 34.8 Å². The summed E-state index contributed by atoms with van der Waals surface area (Å²) in [5.41, 5.74) is 0.395. The lowest BCUT2D eigenvalue weighted by Gasteiger charge is -2.07. The molecule has 0 heterocycles. The Balaban J connectivity index is 3.00. The lowest BCUT2D eigenvalue weighted by atomic mass is 10.1. The lowest BCUT2D eigenvalue weighted by molar-refractivity contribution is -0.113. The zero-order valence-electron chi connectivity index (χ0n) is 8.78. The summed E-state index contributed by atoms with van der Waals surface area (Å²) >= 11 is 16.1. The Labute approximate surface area is 114 Å². The molecule has 0 bridgehead atoms. The molecule has 0 spiro atoms. The number of ether oxygens (including phenoxy) is 1. The Hall–Kier alpha value is -0.900. The van der Waals surface area contributed by atoms with Crippen LogP contribution in [0.4, 0.5) is 0 Å². The minimum Gasteiger partial charge on any atom is -0.507 e. The number of aliphatic hydroxyl groups is 1. The van der Waals surface area contributed by atoms with E-state index in [1.165, 1.54) is 7.11 Å². The zero-order valence-corrected chi connectivity index (χ0v) is 11.1. The minimum absolute atomic E-state index is 0.291. The van der Waals surface area contributed by atoms with Crippen LogP contribution in [0.1, 0.15) is 5.56 Å². The zero-order chi connectivity index (χ0) is 13.1. The van der Waals surface area contributed by atoms with Crippen LogP contribution in [0.25, 0.3) is 5.76 Å². The molecule has 17 heavy (non-hydrogen) atoms. The summed E-state index contributed by atoms with van der Waals surface area (Å²) < 4.78 is 2.90. The van der Waals surface area contributed by atoms with Gasteiger partial charge in [-0.3, -0.25) is 4.79 Å². The first-order valence-corrected chi connectivity index (χ1v) is 5.64. The number of aliphatic hydroxyl groups excluding tert-OH is 1. The van der Waals surface area contributed by atoms with Crippen molar-refractivity contribution in [2.75, 3.05) is 7.11 Å². The Bertz CT molecular complexity index is 450. The molecule has 6 heteroatoms. The molecular weight excluding hydrogens is 286 g/mol. The van der Waals surface area contributed by atoms with Crippen LogP contribution in [-0.4, -0.2) is 21.8 Å². The molecule has 3 nitrogen and oxygen atoms in total. The molecule has 0 aliphatic carbocycles. The molecule has 0 aliphatic heterocycles. The molecule has 1 rings (SSSR count). The number of halogens is 3. The van der Waals surface area contributed by atoms with Crippen molar-refractivity contribution in [1.29, 1.82) is 0 Å². The molecule has 0 radical (unpaired) electrons. The molecule has 1 N–H and O–H groups in total. The second-order valence-electron chi connectivity index (χ2n) is 3.12. The highest BCUT2D eigenvalue weighted by molar-refractivity contribution is 6.77. The van der Waals surface area contributed by atoms with Gasteiger partial charge in [-0.2, -0.15) is 0 Å². The number of rotatable bonds is 3. The molecule has 0 atom stereocenters. The van der Waals surface area contributed by atoms with E-state index in [1.807, 2.05) is 0 Å². The third kappa shape index (κ3) is 4.11. The van der Waals surface area contributed by atoms with Gasteiger partial charge in [0.15, 0.2) is 0 Å². The molecule has 0 fully saturated rings. The van der Waals surface area contributed by atoms with E-state index in [4.69, 9.17) is 39.5 Å². The van der Waals surface area contributed by atoms with Gasteiger partial charge in [-0.05, 0) is 12.1 Å². The van der Waals surface area contributed by atoms with Gasteiger partial charge in [0, 0.05) is 11.6 Å². The summed E-state index contributed by atoms with van der Waals surface area (Å²) in [6.07, 6.45) is 0.863. The van der Waals surface area contributed by atoms with E-state index < -0.39 is 9.58 Å². The van der Waals surface area contributed by atoms with Crippen molar-refractivity contribution in [1.82, 2.24) is 0 Å². The van der Waals surface area contributed by atoms with Crippen molar-refractivity contribution in [2.24, 2.45) is 0 Å². The Kier molecular flexibility index (Phi) is 4.69. The van der Waals surface area contributed by atoms with Crippen molar-refractivity contribution in [3.8, 4) is 5.75 Å². The fourth-order valence-corrected chi connectivity index (χ4v) is 1.24. The predicted octanol–water partition coefficient (Wildman–Crippen LogP) is 3.53. The summed E-state index contributed by atoms with van der Waals surface area (Å²) in [6, 6.07) is 6.52. The van der Waals surface area contributed by atoms with E-state index in [0.717, 1.165) is 6.08 Å². The fraction of sp³-hybridized carbons (Fsp3) is 0.182. The van der Waals surface area contributed by atoms with Crippen molar-refractivity contribution < 1.29 is 14.6 Å². The smallest absolute Gasteiger partial charge is 0.252 e. The van der Waals surface area contributed by atoms with E-state index >= 15 is 0 Å². The second-order valence-corrected chi connectivity index (χ2v) is 5.40. The number of hydrogen-bond acceptors (Lipinski definition) is 3. The van der Waals surface area contributed by atoms with E-state index in [0.29, 0.717) is 11.3 Å². The molecule has 0 saturated heterocycles. The highest BCUT2D eigenvalue weighted by Gasteiger charge is 2.29. The van der Waals surface area contributed by atoms with Gasteiger partial charge in [-0.15, -0.1) is 0 Å². The highest BCUT2D eigenvalue weighted by atomic mass is 35.6. The minimum atomic E-state index is -2.08. The molecule has 0 aliphatic rings. The number of alkyl halides is 3. The van der Waals surface area contributed by atoms with Gasteiger partial charge in [0.2, 0.25) is 5.78 Å². The number of methoxy groups -OCH3 is 1. The molecule has 0 aromatic heterocycles. The monoisotopic (exact) mass is 294 g/mol. The van der Waals surface area contributed by atoms with Gasteiger partial charge in [0.25, 0.3) is 3.79 Å². The number of benzene rings is 1. The van der Waals surface area contributed by atoms with Crippen molar-refractivity contribution >= 4 is 46.3 Å². The van der Waals surface area contributed by atoms with Crippen LogP contribution < -0.4 is 4.74 Å². The summed E-state index contributed by atoms with van der Waals surface area (Å²) in [7, 11) is 1.49. The third-order valence-corrected chi connectivity index (χ3v) is 2.47. The van der Waals surface area contributed by atoms with Crippen molar-refractivity contribution in [3.05, 3.63) is 35.9 Å². The van der Waals surface area contributed by atoms with E-state index in [1.54, 1.807) is 24.3 Å². The maximum absolute atomic E-state index is 11.3. The largest absolute Gasteiger partial charge is 0.507 e. The standard InChI is InChI=1S/C11H9Cl3O3/c1-17-8-4-2-3-7(5-8)9(15)6-10(16)11(12,13)14/h2-6,15H,1H3/b9-6-. The number of carbonyl (C=O) groups excluding carboxylic acids is 1. The molecule has 0 unspecified atom stereocenters. The molecule has 0 amide bonds. The molecule has 1 aromatic rings. The second kappa shape index (κ2) is 5.63. The molecule has 1 aromatic carbocycles. The predicted molar refractivity (Wildman–Crippen MR) is 68.9 cm³/mol. The van der Waals surface area contributed by atoms with Crippen molar-refractivity contribution in [2.45, 2.75) is 3.79 Å². The summed E-state index contributed by atoms with van der Waals surface area (Å²) in [6.45, 7) is 0. The first kappa shape index (κ1) is 14.2. The van der Waals surface area contributed by atoms with E-state index in [-0.39, 0.29) is 5.76 Å². The Morgan fingerprint density at radius 2 is 2.06 bits per heavy atom. The number of carbonyl (C=O) groups is 1. The third-order valence-electron chi connectivity index (χ3n) is 1.91. The number of ketones is 1. The van der Waals surface area contributed by atoms with Gasteiger partial charge in [0.05, 0.1) is 7.11 Å². The van der Waals surface area contributed by atoms with Crippen LogP contribution in [-0.2, 0) is 4.79 Å². The maximum Gasteiger partial charge on any atom is 0.252 e. The number of hydrogen-bond donors (Lipinski definition) is 1. The average Bonchev–Trinajstić information content (AvgIpc) is 2.27. The normalized spacial score (nSPS) is 12.4. The van der Waals surface area contributed by atoms with Crippen molar-refractivity contribution in [3.63, 3.8) is 0 Å².